The summed E-state index contributed by atoms with van der Waals surface area (Å²) >= 11 is 1.50. The molecule has 1 unspecified atom stereocenters. The molecule has 1 aromatic heterocycles. The van der Waals surface area contributed by atoms with Crippen LogP contribution in [0.1, 0.15) is 36.7 Å². The molecule has 2 N–H and O–H groups in total. The van der Waals surface area contributed by atoms with E-state index in [1.54, 1.807) is 24.3 Å². The summed E-state index contributed by atoms with van der Waals surface area (Å²) in [6.07, 6.45) is 2.20. The van der Waals surface area contributed by atoms with Crippen LogP contribution in [-0.2, 0) is 11.2 Å². The van der Waals surface area contributed by atoms with Gasteiger partial charge in [-0.1, -0.05) is 24.3 Å². The van der Waals surface area contributed by atoms with Crippen molar-refractivity contribution in [2.45, 2.75) is 36.6 Å². The van der Waals surface area contributed by atoms with Gasteiger partial charge in [0.05, 0.1) is 16.9 Å². The largest absolute Gasteiger partial charge is 0.349 e. The highest BCUT2D eigenvalue weighted by molar-refractivity contribution is 7.99. The summed E-state index contributed by atoms with van der Waals surface area (Å²) in [6.45, 7) is 0. The van der Waals surface area contributed by atoms with Crippen LogP contribution in [0.5, 0.6) is 0 Å². The van der Waals surface area contributed by atoms with E-state index >= 15 is 0 Å². The number of nitrogens with zero attached hydrogens (tertiary/aromatic N) is 1. The molecule has 5 nitrogen and oxygen atoms in total. The molecule has 0 saturated heterocycles. The number of carbonyl (C=O) groups excluding carboxylic acids is 1. The van der Waals surface area contributed by atoms with Gasteiger partial charge in [-0.3, -0.25) is 9.59 Å². The fourth-order valence-electron chi connectivity index (χ4n) is 3.47. The smallest absolute Gasteiger partial charge is 0.258 e. The van der Waals surface area contributed by atoms with Crippen LogP contribution in [0.2, 0.25) is 0 Å². The first-order valence-corrected chi connectivity index (χ1v) is 10.3. The number of thioether (sulfide) groups is 1. The van der Waals surface area contributed by atoms with Crippen molar-refractivity contribution in [1.82, 2.24) is 15.3 Å². The molecule has 0 bridgehead atoms. The van der Waals surface area contributed by atoms with Crippen molar-refractivity contribution >= 4 is 28.6 Å². The number of amides is 1. The second-order valence-corrected chi connectivity index (χ2v) is 7.90. The number of carbonyl (C=O) groups is 1. The van der Waals surface area contributed by atoms with Crippen LogP contribution in [0, 0.1) is 5.82 Å². The van der Waals surface area contributed by atoms with Crippen LogP contribution in [0.4, 0.5) is 4.39 Å². The van der Waals surface area contributed by atoms with Crippen LogP contribution in [0.3, 0.4) is 0 Å². The summed E-state index contributed by atoms with van der Waals surface area (Å²) in [7, 11) is 0. The molecule has 1 aliphatic rings. The minimum atomic E-state index is -0.229. The van der Waals surface area contributed by atoms with Gasteiger partial charge in [-0.2, -0.15) is 0 Å². The van der Waals surface area contributed by atoms with Gasteiger partial charge in [0.2, 0.25) is 5.91 Å². The molecule has 1 amide bonds. The van der Waals surface area contributed by atoms with E-state index in [-0.39, 0.29) is 23.3 Å². The monoisotopic (exact) mass is 397 g/mol. The number of hydrogen-bond donors (Lipinski definition) is 2. The number of rotatable bonds is 5. The first-order valence-electron chi connectivity index (χ1n) is 9.30. The highest BCUT2D eigenvalue weighted by Crippen LogP contribution is 2.37. The first kappa shape index (κ1) is 18.7. The number of H-pyrrole nitrogens is 1. The average Bonchev–Trinajstić information content (AvgIpc) is 2.69. The quantitative estimate of drug-likeness (QED) is 0.688. The van der Waals surface area contributed by atoms with Crippen LogP contribution >= 0.6 is 11.8 Å². The van der Waals surface area contributed by atoms with Gasteiger partial charge in [0, 0.05) is 23.5 Å². The number of aromatic nitrogens is 2. The molecule has 0 radical (unpaired) electrons. The molecule has 0 fully saturated rings. The third kappa shape index (κ3) is 3.94. The zero-order chi connectivity index (χ0) is 19.5. The van der Waals surface area contributed by atoms with E-state index in [2.05, 4.69) is 15.3 Å². The van der Waals surface area contributed by atoms with Gasteiger partial charge in [0.25, 0.3) is 5.56 Å². The lowest BCUT2D eigenvalue weighted by atomic mass is 10.0. The molecule has 0 spiro atoms. The summed E-state index contributed by atoms with van der Waals surface area (Å²) in [6, 6.07) is 12.0. The molecular weight excluding hydrogens is 377 g/mol. The van der Waals surface area contributed by atoms with E-state index in [1.807, 2.05) is 12.1 Å². The summed E-state index contributed by atoms with van der Waals surface area (Å²) in [5, 5.41) is 3.58. The Morgan fingerprint density at radius 2 is 2.11 bits per heavy atom. The van der Waals surface area contributed by atoms with Gasteiger partial charge in [0.1, 0.15) is 11.6 Å². The molecule has 0 saturated carbocycles. The lowest BCUT2D eigenvalue weighted by molar-refractivity contribution is -0.122. The molecule has 1 aliphatic heterocycles. The van der Waals surface area contributed by atoms with E-state index in [0.29, 0.717) is 40.9 Å². The number of para-hydroxylation sites is 1. The molecule has 7 heteroatoms. The van der Waals surface area contributed by atoms with E-state index in [9.17, 15) is 14.0 Å². The van der Waals surface area contributed by atoms with Crippen LogP contribution in [0.15, 0.2) is 52.2 Å². The Hall–Kier alpha value is -2.67. The Morgan fingerprint density at radius 3 is 3.00 bits per heavy atom. The lowest BCUT2D eigenvalue weighted by Crippen LogP contribution is -2.30. The van der Waals surface area contributed by atoms with Gasteiger partial charge in [-0.05, 0) is 36.6 Å². The number of halogens is 1. The average molecular weight is 397 g/mol. The van der Waals surface area contributed by atoms with Crippen LogP contribution in [-0.4, -0.2) is 21.6 Å². The fraction of sp³-hybridized carbons (Fsp3) is 0.286. The Bertz CT molecular complexity index is 1080. The van der Waals surface area contributed by atoms with Crippen LogP contribution in [0.25, 0.3) is 10.9 Å². The van der Waals surface area contributed by atoms with E-state index < -0.39 is 0 Å². The third-order valence-electron chi connectivity index (χ3n) is 4.84. The highest BCUT2D eigenvalue weighted by Gasteiger charge is 2.24. The van der Waals surface area contributed by atoms with Gasteiger partial charge >= 0.3 is 0 Å². The number of hydrogen-bond acceptors (Lipinski definition) is 4. The van der Waals surface area contributed by atoms with Crippen molar-refractivity contribution < 1.29 is 9.18 Å². The molecule has 144 valence electrons. The second kappa shape index (κ2) is 8.14. The van der Waals surface area contributed by atoms with Crippen molar-refractivity contribution in [2.24, 2.45) is 0 Å². The first-order chi connectivity index (χ1) is 13.6. The van der Waals surface area contributed by atoms with Crippen LogP contribution < -0.4 is 10.9 Å². The summed E-state index contributed by atoms with van der Waals surface area (Å²) in [5.41, 5.74) is 1.34. The summed E-state index contributed by atoms with van der Waals surface area (Å²) < 4.78 is 13.9. The Kier molecular flexibility index (Phi) is 5.43. The van der Waals surface area contributed by atoms with E-state index in [0.717, 1.165) is 17.7 Å². The molecule has 4 rings (SSSR count). The van der Waals surface area contributed by atoms with E-state index in [4.69, 9.17) is 0 Å². The fourth-order valence-corrected chi connectivity index (χ4v) is 4.61. The summed E-state index contributed by atoms with van der Waals surface area (Å²) in [5.74, 6) is 1.06. The Labute approximate surface area is 165 Å². The Morgan fingerprint density at radius 1 is 1.25 bits per heavy atom. The number of benzene rings is 2. The van der Waals surface area contributed by atoms with E-state index in [1.165, 1.54) is 17.8 Å². The van der Waals surface area contributed by atoms with Gasteiger partial charge in [0.15, 0.2) is 0 Å². The number of aromatic amines is 1. The zero-order valence-corrected chi connectivity index (χ0v) is 16.0. The van der Waals surface area contributed by atoms with Gasteiger partial charge in [-0.15, -0.1) is 11.8 Å². The normalized spacial score (nSPS) is 16.0. The zero-order valence-electron chi connectivity index (χ0n) is 15.2. The molecule has 0 aliphatic carbocycles. The topological polar surface area (TPSA) is 74.8 Å². The number of nitrogens with one attached hydrogen (secondary N) is 2. The maximum absolute atomic E-state index is 13.9. The molecule has 3 aromatic rings. The standard InChI is InChI=1S/C21H20FN3O2S/c22-15-7-3-6-13-17(11-12-28-20(13)15)24-19(26)10-4-9-18-23-16-8-2-1-5-14(16)21(27)25-18/h1-3,5-8,17H,4,9-12H2,(H,24,26)(H,23,25,27). The summed E-state index contributed by atoms with van der Waals surface area (Å²) in [4.78, 5) is 32.3. The van der Waals surface area contributed by atoms with Gasteiger partial charge < -0.3 is 10.3 Å². The molecule has 2 heterocycles. The predicted octanol–water partition coefficient (Wildman–Crippen LogP) is 3.74. The van der Waals surface area contributed by atoms with Crippen molar-refractivity contribution in [3.05, 3.63) is 70.0 Å². The van der Waals surface area contributed by atoms with Gasteiger partial charge in [-0.25, -0.2) is 9.37 Å². The van der Waals surface area contributed by atoms with Crippen molar-refractivity contribution in [1.29, 1.82) is 0 Å². The number of aryl methyl sites for hydroxylation is 1. The molecule has 28 heavy (non-hydrogen) atoms. The number of fused-ring (bicyclic) bond motifs is 2. The van der Waals surface area contributed by atoms with Crippen molar-refractivity contribution in [2.75, 3.05) is 5.75 Å². The minimum absolute atomic E-state index is 0.0738. The Balaban J connectivity index is 1.36. The minimum Gasteiger partial charge on any atom is -0.349 e. The van der Waals surface area contributed by atoms with Crippen molar-refractivity contribution in [3.8, 4) is 0 Å². The highest BCUT2D eigenvalue weighted by atomic mass is 32.2. The SMILES string of the molecule is O=C(CCCc1nc2ccccc2c(=O)[nH]1)NC1CCSc2c(F)cccc21. The molecule has 1 atom stereocenters. The predicted molar refractivity (Wildman–Crippen MR) is 108 cm³/mol. The molecular formula is C21H20FN3O2S. The molecule has 2 aromatic carbocycles. The maximum atomic E-state index is 13.9. The van der Waals surface area contributed by atoms with Crippen molar-refractivity contribution in [3.63, 3.8) is 0 Å². The lowest BCUT2D eigenvalue weighted by Gasteiger charge is -2.26. The second-order valence-electron chi connectivity index (χ2n) is 6.80. The third-order valence-corrected chi connectivity index (χ3v) is 6.00. The maximum Gasteiger partial charge on any atom is 0.258 e.